The Balaban J connectivity index is 2.15. The number of hydrogen-bond donors (Lipinski definition) is 1. The number of hydrogen-bond acceptors (Lipinski definition) is 4. The molecule has 0 saturated heterocycles. The van der Waals surface area contributed by atoms with E-state index in [1.54, 1.807) is 37.4 Å². The fraction of sp³-hybridized carbons (Fsp3) is 0.176. The highest BCUT2D eigenvalue weighted by atomic mass is 35.5. The minimum atomic E-state index is -0.333. The van der Waals surface area contributed by atoms with Gasteiger partial charge in [-0.05, 0) is 30.3 Å². The van der Waals surface area contributed by atoms with Crippen molar-refractivity contribution >= 4 is 23.2 Å². The molecule has 0 aliphatic heterocycles. The van der Waals surface area contributed by atoms with Crippen molar-refractivity contribution in [1.82, 2.24) is 4.98 Å². The molecule has 0 fully saturated rings. The van der Waals surface area contributed by atoms with Crippen LogP contribution in [0.25, 0.3) is 0 Å². The van der Waals surface area contributed by atoms with Crippen molar-refractivity contribution in [3.8, 4) is 18.1 Å². The number of nitrogens with zero attached hydrogens (tertiary/aromatic N) is 1. The van der Waals surface area contributed by atoms with Gasteiger partial charge >= 0.3 is 0 Å². The molecule has 1 N–H and O–H groups in total. The number of anilines is 1. The fourth-order valence-electron chi connectivity index (χ4n) is 1.77. The quantitative estimate of drug-likeness (QED) is 0.653. The summed E-state index contributed by atoms with van der Waals surface area (Å²) in [7, 11) is 1.58. The number of benzene rings is 1. The molecule has 0 saturated carbocycles. The van der Waals surface area contributed by atoms with Gasteiger partial charge in [0.15, 0.2) is 0 Å². The van der Waals surface area contributed by atoms with Crippen molar-refractivity contribution < 1.29 is 14.3 Å². The van der Waals surface area contributed by atoms with E-state index in [1.807, 2.05) is 0 Å². The zero-order valence-electron chi connectivity index (χ0n) is 12.5. The van der Waals surface area contributed by atoms with Crippen LogP contribution in [0.2, 0.25) is 5.02 Å². The number of methoxy groups -OCH3 is 1. The maximum Gasteiger partial charge on any atom is 0.257 e. The summed E-state index contributed by atoms with van der Waals surface area (Å²) in [6.45, 7) is 0.799. The number of terminal acetylenes is 1. The number of amides is 1. The van der Waals surface area contributed by atoms with Crippen LogP contribution in [0.3, 0.4) is 0 Å². The van der Waals surface area contributed by atoms with Crippen molar-refractivity contribution in [1.29, 1.82) is 0 Å². The summed E-state index contributed by atoms with van der Waals surface area (Å²) in [5.41, 5.74) is 1.32. The molecule has 1 heterocycles. The number of rotatable bonds is 6. The van der Waals surface area contributed by atoms with E-state index in [-0.39, 0.29) is 5.91 Å². The standard InChI is InChI=1S/C17H15ClN2O3/c1-3-14-6-4-12(11-19-14)17(21)20-15-10-13(18)5-7-16(15)23-9-8-22-2/h1,4-7,10-11H,8-9H2,2H3,(H,20,21). The van der Waals surface area contributed by atoms with E-state index < -0.39 is 0 Å². The highest BCUT2D eigenvalue weighted by Gasteiger charge is 2.11. The molecule has 0 radical (unpaired) electrons. The van der Waals surface area contributed by atoms with Crippen LogP contribution in [0.15, 0.2) is 36.5 Å². The lowest BCUT2D eigenvalue weighted by Crippen LogP contribution is -2.14. The highest BCUT2D eigenvalue weighted by Crippen LogP contribution is 2.28. The van der Waals surface area contributed by atoms with Crippen LogP contribution in [0.5, 0.6) is 5.75 Å². The second-order valence-electron chi connectivity index (χ2n) is 4.51. The van der Waals surface area contributed by atoms with Gasteiger partial charge in [0.05, 0.1) is 17.9 Å². The van der Waals surface area contributed by atoms with E-state index in [2.05, 4.69) is 16.2 Å². The van der Waals surface area contributed by atoms with E-state index in [0.717, 1.165) is 0 Å². The molecule has 0 spiro atoms. The first kappa shape index (κ1) is 16.8. The van der Waals surface area contributed by atoms with Crippen LogP contribution in [-0.2, 0) is 4.74 Å². The van der Waals surface area contributed by atoms with E-state index >= 15 is 0 Å². The average Bonchev–Trinajstić information content (AvgIpc) is 2.57. The van der Waals surface area contributed by atoms with Crippen molar-refractivity contribution in [3.05, 3.63) is 52.8 Å². The predicted octanol–water partition coefficient (Wildman–Crippen LogP) is 2.99. The van der Waals surface area contributed by atoms with Crippen molar-refractivity contribution in [3.63, 3.8) is 0 Å². The molecule has 1 amide bonds. The largest absolute Gasteiger partial charge is 0.489 e. The molecule has 0 aliphatic rings. The highest BCUT2D eigenvalue weighted by molar-refractivity contribution is 6.31. The van der Waals surface area contributed by atoms with Gasteiger partial charge in [-0.25, -0.2) is 4.98 Å². The van der Waals surface area contributed by atoms with Crippen molar-refractivity contribution in [2.45, 2.75) is 0 Å². The van der Waals surface area contributed by atoms with Gasteiger partial charge in [-0.3, -0.25) is 4.79 Å². The molecular weight excluding hydrogens is 316 g/mol. The number of nitrogens with one attached hydrogen (secondary N) is 1. The number of pyridine rings is 1. The molecular formula is C17H15ClN2O3. The lowest BCUT2D eigenvalue weighted by molar-refractivity contribution is 0.102. The number of aromatic nitrogens is 1. The SMILES string of the molecule is C#Cc1ccc(C(=O)Nc2cc(Cl)ccc2OCCOC)cn1. The van der Waals surface area contributed by atoms with Gasteiger partial charge in [0.2, 0.25) is 0 Å². The summed E-state index contributed by atoms with van der Waals surface area (Å²) in [6.07, 6.45) is 6.66. The average molecular weight is 331 g/mol. The number of halogens is 1. The molecule has 1 aromatic heterocycles. The van der Waals surface area contributed by atoms with Crippen LogP contribution in [0.1, 0.15) is 16.1 Å². The Labute approximate surface area is 139 Å². The monoisotopic (exact) mass is 330 g/mol. The van der Waals surface area contributed by atoms with Gasteiger partial charge < -0.3 is 14.8 Å². The van der Waals surface area contributed by atoms with Crippen molar-refractivity contribution in [2.24, 2.45) is 0 Å². The third kappa shape index (κ3) is 4.71. The third-order valence-corrected chi connectivity index (χ3v) is 3.14. The van der Waals surface area contributed by atoms with E-state index in [1.165, 1.54) is 6.20 Å². The van der Waals surface area contributed by atoms with E-state index in [4.69, 9.17) is 27.5 Å². The Kier molecular flexibility index (Phi) is 5.98. The molecule has 1 aromatic carbocycles. The molecule has 118 valence electrons. The molecule has 0 unspecified atom stereocenters. The van der Waals surface area contributed by atoms with E-state index in [0.29, 0.717) is 40.9 Å². The lowest BCUT2D eigenvalue weighted by atomic mass is 10.2. The molecule has 5 nitrogen and oxygen atoms in total. The minimum Gasteiger partial charge on any atom is -0.489 e. The Morgan fingerprint density at radius 2 is 2.17 bits per heavy atom. The smallest absolute Gasteiger partial charge is 0.257 e. The Bertz CT molecular complexity index is 724. The maximum absolute atomic E-state index is 12.3. The van der Waals surface area contributed by atoms with Gasteiger partial charge in [0, 0.05) is 18.3 Å². The molecule has 2 aromatic rings. The van der Waals surface area contributed by atoms with E-state index in [9.17, 15) is 4.79 Å². The van der Waals surface area contributed by atoms with Gasteiger partial charge in [-0.2, -0.15) is 0 Å². The summed E-state index contributed by atoms with van der Waals surface area (Å²) in [5.74, 6) is 2.57. The normalized spacial score (nSPS) is 9.96. The fourth-order valence-corrected chi connectivity index (χ4v) is 1.94. The molecule has 23 heavy (non-hydrogen) atoms. The Hall–Kier alpha value is -2.55. The number of carbonyl (C=O) groups is 1. The zero-order valence-corrected chi connectivity index (χ0v) is 13.3. The number of carbonyl (C=O) groups excluding carboxylic acids is 1. The first-order valence-corrected chi connectivity index (χ1v) is 7.17. The summed E-state index contributed by atoms with van der Waals surface area (Å²) in [6, 6.07) is 8.19. The number of ether oxygens (including phenoxy) is 2. The molecule has 0 aliphatic carbocycles. The first-order valence-electron chi connectivity index (χ1n) is 6.79. The summed E-state index contributed by atoms with van der Waals surface area (Å²) >= 11 is 5.98. The Morgan fingerprint density at radius 1 is 1.35 bits per heavy atom. The molecule has 6 heteroatoms. The van der Waals surface area contributed by atoms with Crippen LogP contribution in [0, 0.1) is 12.3 Å². The maximum atomic E-state index is 12.3. The van der Waals surface area contributed by atoms with Crippen LogP contribution in [0.4, 0.5) is 5.69 Å². The predicted molar refractivity (Wildman–Crippen MR) is 88.9 cm³/mol. The van der Waals surface area contributed by atoms with Crippen LogP contribution >= 0.6 is 11.6 Å². The first-order chi connectivity index (χ1) is 11.1. The topological polar surface area (TPSA) is 60.5 Å². The minimum absolute atomic E-state index is 0.333. The molecule has 0 bridgehead atoms. The van der Waals surface area contributed by atoms with Gasteiger partial charge in [0.1, 0.15) is 18.1 Å². The van der Waals surface area contributed by atoms with Crippen molar-refractivity contribution in [2.75, 3.05) is 25.6 Å². The molecule has 2 rings (SSSR count). The second kappa shape index (κ2) is 8.18. The van der Waals surface area contributed by atoms with Gasteiger partial charge in [-0.1, -0.05) is 17.5 Å². The second-order valence-corrected chi connectivity index (χ2v) is 4.95. The van der Waals surface area contributed by atoms with Crippen LogP contribution in [-0.4, -0.2) is 31.2 Å². The van der Waals surface area contributed by atoms with Gasteiger partial charge in [-0.15, -0.1) is 6.42 Å². The molecule has 0 atom stereocenters. The zero-order chi connectivity index (χ0) is 16.7. The lowest BCUT2D eigenvalue weighted by Gasteiger charge is -2.13. The summed E-state index contributed by atoms with van der Waals surface area (Å²) < 4.78 is 10.5. The Morgan fingerprint density at radius 3 is 2.83 bits per heavy atom. The summed E-state index contributed by atoms with van der Waals surface area (Å²) in [4.78, 5) is 16.3. The third-order valence-electron chi connectivity index (χ3n) is 2.91. The van der Waals surface area contributed by atoms with Gasteiger partial charge in [0.25, 0.3) is 5.91 Å². The summed E-state index contributed by atoms with van der Waals surface area (Å²) in [5, 5.41) is 3.24. The van der Waals surface area contributed by atoms with Crippen LogP contribution < -0.4 is 10.1 Å².